The standard InChI is InChI=1S/C15H26N2O/c1-18-13-6-5-11-17(12-7-10-16)14-15-8-3-2-4-9-15/h2-4,8-9H,5-7,10-14,16H2,1H3. The highest BCUT2D eigenvalue weighted by molar-refractivity contribution is 5.14. The third-order valence-corrected chi connectivity index (χ3v) is 3.00. The fourth-order valence-electron chi connectivity index (χ4n) is 2.01. The van der Waals surface area contributed by atoms with Crippen LogP contribution in [0.15, 0.2) is 30.3 Å². The van der Waals surface area contributed by atoms with Gasteiger partial charge in [-0.15, -0.1) is 0 Å². The summed E-state index contributed by atoms with van der Waals surface area (Å²) in [5, 5.41) is 0. The quantitative estimate of drug-likeness (QED) is 0.647. The van der Waals surface area contributed by atoms with Crippen LogP contribution in [0.2, 0.25) is 0 Å². The summed E-state index contributed by atoms with van der Waals surface area (Å²) in [5.74, 6) is 0. The summed E-state index contributed by atoms with van der Waals surface area (Å²) < 4.78 is 5.08. The number of nitrogens with two attached hydrogens (primary N) is 1. The average Bonchev–Trinajstić information content (AvgIpc) is 2.41. The zero-order chi connectivity index (χ0) is 13.1. The number of hydrogen-bond donors (Lipinski definition) is 1. The number of unbranched alkanes of at least 4 members (excludes halogenated alkanes) is 1. The van der Waals surface area contributed by atoms with Gasteiger partial charge in [-0.1, -0.05) is 30.3 Å². The molecule has 0 amide bonds. The maximum Gasteiger partial charge on any atom is 0.0462 e. The second-order valence-electron chi connectivity index (χ2n) is 4.60. The summed E-state index contributed by atoms with van der Waals surface area (Å²) in [6.45, 7) is 4.85. The third kappa shape index (κ3) is 6.74. The van der Waals surface area contributed by atoms with Gasteiger partial charge in [0.15, 0.2) is 0 Å². The minimum Gasteiger partial charge on any atom is -0.385 e. The summed E-state index contributed by atoms with van der Waals surface area (Å²) >= 11 is 0. The van der Waals surface area contributed by atoms with Crippen LogP contribution in [0.1, 0.15) is 24.8 Å². The van der Waals surface area contributed by atoms with Gasteiger partial charge in [-0.05, 0) is 44.5 Å². The molecule has 0 bridgehead atoms. The van der Waals surface area contributed by atoms with Crippen molar-refractivity contribution in [3.05, 3.63) is 35.9 Å². The highest BCUT2D eigenvalue weighted by Crippen LogP contribution is 2.06. The van der Waals surface area contributed by atoms with E-state index in [-0.39, 0.29) is 0 Å². The summed E-state index contributed by atoms with van der Waals surface area (Å²) in [6.07, 6.45) is 3.38. The van der Waals surface area contributed by atoms with Crippen LogP contribution in [0, 0.1) is 0 Å². The Morgan fingerprint density at radius 3 is 2.44 bits per heavy atom. The Bertz CT molecular complexity index is 290. The second kappa shape index (κ2) is 10.1. The molecule has 0 radical (unpaired) electrons. The molecule has 102 valence electrons. The molecule has 0 aromatic heterocycles. The van der Waals surface area contributed by atoms with Gasteiger partial charge in [0.05, 0.1) is 0 Å². The van der Waals surface area contributed by atoms with Crippen LogP contribution in [-0.4, -0.2) is 38.3 Å². The summed E-state index contributed by atoms with van der Waals surface area (Å²) in [6, 6.07) is 10.6. The van der Waals surface area contributed by atoms with Crippen molar-refractivity contribution in [2.75, 3.05) is 33.4 Å². The Labute approximate surface area is 111 Å². The van der Waals surface area contributed by atoms with Crippen molar-refractivity contribution in [1.29, 1.82) is 0 Å². The molecule has 0 atom stereocenters. The molecule has 2 N–H and O–H groups in total. The predicted molar refractivity (Wildman–Crippen MR) is 76.5 cm³/mol. The molecule has 0 aliphatic heterocycles. The molecule has 1 aromatic rings. The fraction of sp³-hybridized carbons (Fsp3) is 0.600. The first-order valence-electron chi connectivity index (χ1n) is 6.82. The molecule has 1 aromatic carbocycles. The normalized spacial score (nSPS) is 11.1. The first kappa shape index (κ1) is 15.2. The van der Waals surface area contributed by atoms with Crippen LogP contribution in [0.5, 0.6) is 0 Å². The number of benzene rings is 1. The average molecular weight is 250 g/mol. The van der Waals surface area contributed by atoms with Crippen molar-refractivity contribution in [3.8, 4) is 0 Å². The van der Waals surface area contributed by atoms with Crippen LogP contribution < -0.4 is 5.73 Å². The van der Waals surface area contributed by atoms with Gasteiger partial charge < -0.3 is 10.5 Å². The van der Waals surface area contributed by atoms with Crippen molar-refractivity contribution in [1.82, 2.24) is 4.90 Å². The molecule has 0 fully saturated rings. The molecule has 0 aliphatic rings. The van der Waals surface area contributed by atoms with Crippen molar-refractivity contribution in [2.24, 2.45) is 5.73 Å². The summed E-state index contributed by atoms with van der Waals surface area (Å²) in [5.41, 5.74) is 6.98. The van der Waals surface area contributed by atoms with E-state index in [2.05, 4.69) is 35.2 Å². The fourth-order valence-corrected chi connectivity index (χ4v) is 2.01. The van der Waals surface area contributed by atoms with Crippen LogP contribution >= 0.6 is 0 Å². The lowest BCUT2D eigenvalue weighted by Crippen LogP contribution is -2.27. The zero-order valence-electron chi connectivity index (χ0n) is 11.5. The Hall–Kier alpha value is -0.900. The number of ether oxygens (including phenoxy) is 1. The van der Waals surface area contributed by atoms with E-state index in [0.29, 0.717) is 0 Å². The van der Waals surface area contributed by atoms with Gasteiger partial charge in [0.2, 0.25) is 0 Å². The molecule has 0 saturated carbocycles. The van der Waals surface area contributed by atoms with Gasteiger partial charge in [-0.25, -0.2) is 0 Å². The molecule has 0 saturated heterocycles. The van der Waals surface area contributed by atoms with E-state index in [4.69, 9.17) is 10.5 Å². The van der Waals surface area contributed by atoms with Crippen LogP contribution in [0.25, 0.3) is 0 Å². The highest BCUT2D eigenvalue weighted by atomic mass is 16.5. The Morgan fingerprint density at radius 1 is 1.06 bits per heavy atom. The lowest BCUT2D eigenvalue weighted by molar-refractivity contribution is 0.182. The SMILES string of the molecule is COCCCCN(CCCN)Cc1ccccc1. The minimum absolute atomic E-state index is 0.767. The summed E-state index contributed by atoms with van der Waals surface area (Å²) in [4.78, 5) is 2.48. The number of hydrogen-bond acceptors (Lipinski definition) is 3. The maximum absolute atomic E-state index is 5.60. The van der Waals surface area contributed by atoms with Gasteiger partial charge in [-0.3, -0.25) is 4.90 Å². The first-order valence-corrected chi connectivity index (χ1v) is 6.82. The summed E-state index contributed by atoms with van der Waals surface area (Å²) in [7, 11) is 1.76. The molecule has 0 unspecified atom stereocenters. The van der Waals surface area contributed by atoms with E-state index in [1.165, 1.54) is 12.0 Å². The smallest absolute Gasteiger partial charge is 0.0462 e. The van der Waals surface area contributed by atoms with E-state index < -0.39 is 0 Å². The van der Waals surface area contributed by atoms with Crippen molar-refractivity contribution in [2.45, 2.75) is 25.8 Å². The number of nitrogens with zero attached hydrogens (tertiary/aromatic N) is 1. The van der Waals surface area contributed by atoms with E-state index in [9.17, 15) is 0 Å². The van der Waals surface area contributed by atoms with Gasteiger partial charge in [-0.2, -0.15) is 0 Å². The number of methoxy groups -OCH3 is 1. The van der Waals surface area contributed by atoms with E-state index in [0.717, 1.165) is 45.6 Å². The Kier molecular flexibility index (Phi) is 8.47. The lowest BCUT2D eigenvalue weighted by Gasteiger charge is -2.22. The molecule has 18 heavy (non-hydrogen) atoms. The maximum atomic E-state index is 5.60. The molecule has 3 nitrogen and oxygen atoms in total. The Morgan fingerprint density at radius 2 is 1.78 bits per heavy atom. The van der Waals surface area contributed by atoms with Gasteiger partial charge in [0.25, 0.3) is 0 Å². The molecular formula is C15H26N2O. The molecule has 3 heteroatoms. The van der Waals surface area contributed by atoms with Crippen molar-refractivity contribution in [3.63, 3.8) is 0 Å². The van der Waals surface area contributed by atoms with Crippen molar-refractivity contribution >= 4 is 0 Å². The minimum atomic E-state index is 0.767. The van der Waals surface area contributed by atoms with E-state index >= 15 is 0 Å². The molecule has 0 aliphatic carbocycles. The van der Waals surface area contributed by atoms with Gasteiger partial charge in [0.1, 0.15) is 0 Å². The largest absolute Gasteiger partial charge is 0.385 e. The van der Waals surface area contributed by atoms with E-state index in [1.807, 2.05) is 0 Å². The third-order valence-electron chi connectivity index (χ3n) is 3.00. The first-order chi connectivity index (χ1) is 8.86. The zero-order valence-corrected chi connectivity index (χ0v) is 11.5. The lowest BCUT2D eigenvalue weighted by atomic mass is 10.2. The molecule has 0 spiro atoms. The topological polar surface area (TPSA) is 38.5 Å². The Balaban J connectivity index is 2.35. The molecule has 0 heterocycles. The van der Waals surface area contributed by atoms with E-state index in [1.54, 1.807) is 7.11 Å². The van der Waals surface area contributed by atoms with Crippen LogP contribution in [0.3, 0.4) is 0 Å². The van der Waals surface area contributed by atoms with Gasteiger partial charge in [0, 0.05) is 20.3 Å². The highest BCUT2D eigenvalue weighted by Gasteiger charge is 2.05. The van der Waals surface area contributed by atoms with Crippen LogP contribution in [-0.2, 0) is 11.3 Å². The van der Waals surface area contributed by atoms with Gasteiger partial charge >= 0.3 is 0 Å². The molecule has 1 rings (SSSR count). The predicted octanol–water partition coefficient (Wildman–Crippen LogP) is 2.26. The second-order valence-corrected chi connectivity index (χ2v) is 4.60. The molecular weight excluding hydrogens is 224 g/mol. The van der Waals surface area contributed by atoms with Crippen LogP contribution in [0.4, 0.5) is 0 Å². The monoisotopic (exact) mass is 250 g/mol. The number of rotatable bonds is 10. The van der Waals surface area contributed by atoms with Crippen molar-refractivity contribution < 1.29 is 4.74 Å².